The smallest absolute Gasteiger partial charge is 0.237 e. The molecule has 3 rings (SSSR count). The topological polar surface area (TPSA) is 41.1 Å². The van der Waals surface area contributed by atoms with Gasteiger partial charge in [-0.15, -0.1) is 11.3 Å². The Morgan fingerprint density at radius 2 is 2.28 bits per heavy atom. The van der Waals surface area contributed by atoms with Crippen LogP contribution < -0.4 is 10.6 Å². The number of fused-ring (bicyclic) bond motifs is 1. The Balaban J connectivity index is 1.57. The number of thiophene rings is 1. The quantitative estimate of drug-likeness (QED) is 0.876. The lowest BCUT2D eigenvalue weighted by Gasteiger charge is -2.14. The first-order valence-electron chi connectivity index (χ1n) is 6.94. The van der Waals surface area contributed by atoms with Gasteiger partial charge >= 0.3 is 0 Å². The number of carbonyl (C=O) groups is 1. The Hall–Kier alpha value is -0.870. The third-order valence-corrected chi connectivity index (χ3v) is 5.09. The van der Waals surface area contributed by atoms with Crippen LogP contribution in [-0.2, 0) is 24.2 Å². The van der Waals surface area contributed by atoms with Gasteiger partial charge in [-0.3, -0.25) is 4.79 Å². The van der Waals surface area contributed by atoms with Crippen molar-refractivity contribution in [2.24, 2.45) is 0 Å². The van der Waals surface area contributed by atoms with Gasteiger partial charge in [0.2, 0.25) is 5.91 Å². The Labute approximate surface area is 112 Å². The molecule has 1 amide bonds. The molecule has 2 N–H and O–H groups in total. The molecule has 1 aromatic rings. The van der Waals surface area contributed by atoms with Crippen molar-refractivity contribution in [3.63, 3.8) is 0 Å². The second-order valence-corrected chi connectivity index (χ2v) is 6.46. The lowest BCUT2D eigenvalue weighted by Crippen LogP contribution is -2.42. The summed E-state index contributed by atoms with van der Waals surface area (Å²) in [7, 11) is 0. The zero-order chi connectivity index (χ0) is 12.4. The second kappa shape index (κ2) is 5.41. The fourth-order valence-corrected chi connectivity index (χ4v) is 4.05. The molecular formula is C14H20N2OS. The van der Waals surface area contributed by atoms with E-state index in [0.717, 1.165) is 32.4 Å². The van der Waals surface area contributed by atoms with Crippen molar-refractivity contribution in [1.29, 1.82) is 0 Å². The highest BCUT2D eigenvalue weighted by molar-refractivity contribution is 7.12. The van der Waals surface area contributed by atoms with E-state index in [1.165, 1.54) is 24.1 Å². The van der Waals surface area contributed by atoms with Crippen molar-refractivity contribution < 1.29 is 4.79 Å². The molecule has 3 nitrogen and oxygen atoms in total. The van der Waals surface area contributed by atoms with Crippen LogP contribution in [0.3, 0.4) is 0 Å². The molecule has 0 radical (unpaired) electrons. The first-order chi connectivity index (χ1) is 8.83. The largest absolute Gasteiger partial charge is 0.355 e. The van der Waals surface area contributed by atoms with Gasteiger partial charge in [0.1, 0.15) is 0 Å². The Kier molecular flexibility index (Phi) is 3.66. The van der Waals surface area contributed by atoms with Crippen LogP contribution in [0, 0.1) is 0 Å². The summed E-state index contributed by atoms with van der Waals surface area (Å²) in [5.74, 6) is 0.177. The Morgan fingerprint density at radius 1 is 1.33 bits per heavy atom. The van der Waals surface area contributed by atoms with Crippen molar-refractivity contribution in [1.82, 2.24) is 10.6 Å². The van der Waals surface area contributed by atoms with Gasteiger partial charge in [-0.25, -0.2) is 0 Å². The minimum Gasteiger partial charge on any atom is -0.355 e. The summed E-state index contributed by atoms with van der Waals surface area (Å²) in [6.45, 7) is 1.68. The normalized spacial score (nSPS) is 23.6. The number of hydrogen-bond donors (Lipinski definition) is 2. The van der Waals surface area contributed by atoms with Crippen molar-refractivity contribution in [2.45, 2.75) is 51.1 Å². The molecule has 98 valence electrons. The number of rotatable bonds is 3. The van der Waals surface area contributed by atoms with Crippen molar-refractivity contribution in [3.05, 3.63) is 21.4 Å². The average Bonchev–Trinajstić information content (AvgIpc) is 2.86. The standard InChI is InChI=1S/C14H20N2OS/c17-14-12(5-1-2-7-15-14)16-9-11-8-10-4-3-6-13(10)18-11/h8,12,16H,1-7,9H2,(H,15,17). The third kappa shape index (κ3) is 2.59. The summed E-state index contributed by atoms with van der Waals surface area (Å²) in [5.41, 5.74) is 1.54. The van der Waals surface area contributed by atoms with Gasteiger partial charge in [-0.1, -0.05) is 0 Å². The zero-order valence-electron chi connectivity index (χ0n) is 10.6. The summed E-state index contributed by atoms with van der Waals surface area (Å²) in [4.78, 5) is 14.8. The van der Waals surface area contributed by atoms with Crippen LogP contribution in [0.15, 0.2) is 6.07 Å². The van der Waals surface area contributed by atoms with Gasteiger partial charge in [0.15, 0.2) is 0 Å². The van der Waals surface area contributed by atoms with Gasteiger partial charge in [-0.2, -0.15) is 0 Å². The maximum Gasteiger partial charge on any atom is 0.237 e. The molecule has 1 saturated heterocycles. The van der Waals surface area contributed by atoms with E-state index >= 15 is 0 Å². The molecule has 1 unspecified atom stereocenters. The molecule has 1 aliphatic heterocycles. The predicted octanol–water partition coefficient (Wildman–Crippen LogP) is 2.00. The van der Waals surface area contributed by atoms with Crippen LogP contribution in [0.1, 0.15) is 41.0 Å². The second-order valence-electron chi connectivity index (χ2n) is 5.23. The molecule has 0 bridgehead atoms. The van der Waals surface area contributed by atoms with Crippen molar-refractivity contribution >= 4 is 17.2 Å². The molecule has 0 saturated carbocycles. The van der Waals surface area contributed by atoms with E-state index in [2.05, 4.69) is 16.7 Å². The van der Waals surface area contributed by atoms with E-state index < -0.39 is 0 Å². The number of hydrogen-bond acceptors (Lipinski definition) is 3. The SMILES string of the molecule is O=C1NCCCCC1NCc1cc2c(s1)CCC2. The molecule has 1 atom stereocenters. The van der Waals surface area contributed by atoms with Crippen LogP contribution in [0.5, 0.6) is 0 Å². The van der Waals surface area contributed by atoms with Gasteiger partial charge in [-0.05, 0) is 50.2 Å². The zero-order valence-corrected chi connectivity index (χ0v) is 11.4. The Bertz CT molecular complexity index is 420. The predicted molar refractivity (Wildman–Crippen MR) is 73.8 cm³/mol. The maximum absolute atomic E-state index is 11.8. The highest BCUT2D eigenvalue weighted by Gasteiger charge is 2.21. The van der Waals surface area contributed by atoms with Crippen LogP contribution in [-0.4, -0.2) is 18.5 Å². The van der Waals surface area contributed by atoms with Crippen LogP contribution in [0.4, 0.5) is 0 Å². The van der Waals surface area contributed by atoms with Crippen LogP contribution >= 0.6 is 11.3 Å². The Morgan fingerprint density at radius 3 is 3.17 bits per heavy atom. The minimum atomic E-state index is 0.00411. The highest BCUT2D eigenvalue weighted by Crippen LogP contribution is 2.30. The molecule has 0 spiro atoms. The fraction of sp³-hybridized carbons (Fsp3) is 0.643. The van der Waals surface area contributed by atoms with Crippen LogP contribution in [0.2, 0.25) is 0 Å². The van der Waals surface area contributed by atoms with Gasteiger partial charge < -0.3 is 10.6 Å². The molecule has 2 aliphatic rings. The number of amides is 1. The molecule has 18 heavy (non-hydrogen) atoms. The molecular weight excluding hydrogens is 244 g/mol. The molecule has 1 aliphatic carbocycles. The third-order valence-electron chi connectivity index (χ3n) is 3.86. The summed E-state index contributed by atoms with van der Waals surface area (Å²) >= 11 is 1.92. The van der Waals surface area contributed by atoms with E-state index in [9.17, 15) is 4.79 Å². The number of carbonyl (C=O) groups excluding carboxylic acids is 1. The van der Waals surface area contributed by atoms with E-state index in [0.29, 0.717) is 0 Å². The highest BCUT2D eigenvalue weighted by atomic mass is 32.1. The lowest BCUT2D eigenvalue weighted by atomic mass is 10.1. The summed E-state index contributed by atoms with van der Waals surface area (Å²) in [5, 5.41) is 6.39. The number of nitrogens with one attached hydrogen (secondary N) is 2. The molecule has 1 aromatic heterocycles. The van der Waals surface area contributed by atoms with Gasteiger partial charge in [0.25, 0.3) is 0 Å². The monoisotopic (exact) mass is 264 g/mol. The first kappa shape index (κ1) is 12.2. The minimum absolute atomic E-state index is 0.00411. The maximum atomic E-state index is 11.8. The summed E-state index contributed by atoms with van der Waals surface area (Å²) in [6, 6.07) is 2.33. The van der Waals surface area contributed by atoms with E-state index in [1.807, 2.05) is 11.3 Å². The van der Waals surface area contributed by atoms with Gasteiger partial charge in [0.05, 0.1) is 6.04 Å². The summed E-state index contributed by atoms with van der Waals surface area (Å²) < 4.78 is 0. The molecule has 1 fully saturated rings. The lowest BCUT2D eigenvalue weighted by molar-refractivity contribution is -0.122. The van der Waals surface area contributed by atoms with Crippen LogP contribution in [0.25, 0.3) is 0 Å². The van der Waals surface area contributed by atoms with Crippen molar-refractivity contribution in [3.8, 4) is 0 Å². The molecule has 2 heterocycles. The van der Waals surface area contributed by atoms with E-state index in [-0.39, 0.29) is 11.9 Å². The molecule has 4 heteroatoms. The van der Waals surface area contributed by atoms with E-state index in [1.54, 1.807) is 10.4 Å². The van der Waals surface area contributed by atoms with Crippen molar-refractivity contribution in [2.75, 3.05) is 6.54 Å². The fourth-order valence-electron chi connectivity index (χ4n) is 2.84. The van der Waals surface area contributed by atoms with Gasteiger partial charge in [0, 0.05) is 22.8 Å². The first-order valence-corrected chi connectivity index (χ1v) is 7.76. The molecule has 0 aromatic carbocycles. The van der Waals surface area contributed by atoms with E-state index in [4.69, 9.17) is 0 Å². The average molecular weight is 264 g/mol. The summed E-state index contributed by atoms with van der Waals surface area (Å²) in [6.07, 6.45) is 7.03. The number of aryl methyl sites for hydroxylation is 2.